The van der Waals surface area contributed by atoms with Crippen LogP contribution in [0.4, 0.5) is 10.2 Å². The predicted octanol–water partition coefficient (Wildman–Crippen LogP) is 2.26. The molecule has 9 heteroatoms. The van der Waals surface area contributed by atoms with Gasteiger partial charge >= 0.3 is 0 Å². The molecule has 27 heavy (non-hydrogen) atoms. The van der Waals surface area contributed by atoms with Crippen LogP contribution in [0, 0.1) is 5.82 Å². The highest BCUT2D eigenvalue weighted by Gasteiger charge is 2.16. The lowest BCUT2D eigenvalue weighted by molar-refractivity contribution is -0.119. The lowest BCUT2D eigenvalue weighted by Crippen LogP contribution is -2.32. The van der Waals surface area contributed by atoms with E-state index in [0.717, 1.165) is 19.4 Å². The number of carbonyl (C=O) groups is 2. The maximum atomic E-state index is 13.6. The van der Waals surface area contributed by atoms with Gasteiger partial charge in [-0.25, -0.2) is 4.39 Å². The lowest BCUT2D eigenvalue weighted by atomic mass is 10.2. The number of rotatable bonds is 7. The number of hydrogen-bond donors (Lipinski definition) is 2. The third-order valence-electron chi connectivity index (χ3n) is 3.90. The molecule has 1 unspecified atom stereocenters. The minimum Gasteiger partial charge on any atom is -0.376 e. The number of nitrogens with zero attached hydrogens (tertiary/aromatic N) is 2. The zero-order valence-corrected chi connectivity index (χ0v) is 15.3. The number of amides is 2. The molecular weight excluding hydrogens is 371 g/mol. The Morgan fingerprint density at radius 3 is 2.78 bits per heavy atom. The van der Waals surface area contributed by atoms with Crippen molar-refractivity contribution in [1.29, 1.82) is 0 Å². The van der Waals surface area contributed by atoms with E-state index >= 15 is 0 Å². The first kappa shape index (κ1) is 19.2. The lowest BCUT2D eigenvalue weighted by Gasteiger charge is -2.10. The zero-order chi connectivity index (χ0) is 19.1. The summed E-state index contributed by atoms with van der Waals surface area (Å²) in [6.07, 6.45) is 2.11. The van der Waals surface area contributed by atoms with Crippen LogP contribution >= 0.6 is 11.8 Å². The summed E-state index contributed by atoms with van der Waals surface area (Å²) in [5, 5.41) is 13.7. The van der Waals surface area contributed by atoms with E-state index in [1.54, 1.807) is 18.2 Å². The second kappa shape index (κ2) is 9.43. The van der Waals surface area contributed by atoms with Gasteiger partial charge in [0.05, 0.1) is 17.4 Å². The van der Waals surface area contributed by atoms with Crippen LogP contribution in [0.1, 0.15) is 23.2 Å². The monoisotopic (exact) mass is 390 g/mol. The molecule has 1 aliphatic heterocycles. The molecular formula is C18H19FN4O3S. The van der Waals surface area contributed by atoms with Gasteiger partial charge in [-0.2, -0.15) is 0 Å². The highest BCUT2D eigenvalue weighted by molar-refractivity contribution is 7.99. The summed E-state index contributed by atoms with van der Waals surface area (Å²) >= 11 is 1.24. The summed E-state index contributed by atoms with van der Waals surface area (Å²) in [7, 11) is 0. The number of ether oxygens (including phenoxy) is 1. The number of hydrogen-bond acceptors (Lipinski definition) is 6. The van der Waals surface area contributed by atoms with Crippen molar-refractivity contribution in [3.05, 3.63) is 47.8 Å². The van der Waals surface area contributed by atoms with Crippen LogP contribution in [-0.2, 0) is 9.53 Å². The van der Waals surface area contributed by atoms with Gasteiger partial charge in [-0.1, -0.05) is 23.9 Å². The second-order valence-corrected chi connectivity index (χ2v) is 6.91. The topological polar surface area (TPSA) is 93.2 Å². The van der Waals surface area contributed by atoms with Gasteiger partial charge in [0, 0.05) is 13.2 Å². The van der Waals surface area contributed by atoms with Gasteiger partial charge in [0.15, 0.2) is 5.82 Å². The number of carbonyl (C=O) groups excluding carboxylic acids is 2. The van der Waals surface area contributed by atoms with Gasteiger partial charge in [-0.05, 0) is 37.1 Å². The number of benzene rings is 1. The summed E-state index contributed by atoms with van der Waals surface area (Å²) in [6.45, 7) is 1.27. The van der Waals surface area contributed by atoms with Crippen LogP contribution in [0.25, 0.3) is 0 Å². The summed E-state index contributed by atoms with van der Waals surface area (Å²) in [6, 6.07) is 8.88. The van der Waals surface area contributed by atoms with E-state index in [-0.39, 0.29) is 29.1 Å². The Morgan fingerprint density at radius 2 is 2.07 bits per heavy atom. The van der Waals surface area contributed by atoms with Crippen molar-refractivity contribution < 1.29 is 18.7 Å². The highest BCUT2D eigenvalue weighted by Crippen LogP contribution is 2.16. The van der Waals surface area contributed by atoms with Crippen LogP contribution < -0.4 is 10.6 Å². The van der Waals surface area contributed by atoms with Crippen molar-refractivity contribution in [3.8, 4) is 0 Å². The molecule has 1 aromatic heterocycles. The third kappa shape index (κ3) is 5.73. The maximum absolute atomic E-state index is 13.6. The van der Waals surface area contributed by atoms with Gasteiger partial charge in [-0.15, -0.1) is 10.2 Å². The molecule has 1 fully saturated rings. The predicted molar refractivity (Wildman–Crippen MR) is 99.1 cm³/mol. The molecule has 0 bridgehead atoms. The molecule has 2 heterocycles. The maximum Gasteiger partial charge on any atom is 0.259 e. The average molecular weight is 390 g/mol. The first-order valence-electron chi connectivity index (χ1n) is 8.52. The first-order valence-corrected chi connectivity index (χ1v) is 9.51. The fourth-order valence-corrected chi connectivity index (χ4v) is 3.16. The van der Waals surface area contributed by atoms with Crippen LogP contribution in [0.15, 0.2) is 41.4 Å². The van der Waals surface area contributed by atoms with Crippen LogP contribution in [-0.4, -0.2) is 47.0 Å². The number of anilines is 1. The molecule has 0 saturated carbocycles. The Balaban J connectivity index is 1.45. The summed E-state index contributed by atoms with van der Waals surface area (Å²) in [5.74, 6) is -0.896. The summed E-state index contributed by atoms with van der Waals surface area (Å²) in [4.78, 5) is 23.9. The molecule has 1 aromatic carbocycles. The van der Waals surface area contributed by atoms with Gasteiger partial charge in [0.25, 0.3) is 5.91 Å². The number of thioether (sulfide) groups is 1. The van der Waals surface area contributed by atoms with E-state index in [2.05, 4.69) is 20.8 Å². The quantitative estimate of drug-likeness (QED) is 0.705. The largest absolute Gasteiger partial charge is 0.376 e. The van der Waals surface area contributed by atoms with Crippen molar-refractivity contribution in [2.45, 2.75) is 24.0 Å². The van der Waals surface area contributed by atoms with Crippen LogP contribution in [0.2, 0.25) is 0 Å². The average Bonchev–Trinajstić information content (AvgIpc) is 3.20. The third-order valence-corrected chi connectivity index (χ3v) is 4.82. The minimum atomic E-state index is -0.607. The van der Waals surface area contributed by atoms with Crippen molar-refractivity contribution in [2.75, 3.05) is 24.2 Å². The molecule has 142 valence electrons. The highest BCUT2D eigenvalue weighted by atomic mass is 32.2. The number of halogens is 1. The van der Waals surface area contributed by atoms with E-state index in [4.69, 9.17) is 4.74 Å². The van der Waals surface area contributed by atoms with Gasteiger partial charge in [0.2, 0.25) is 5.91 Å². The van der Waals surface area contributed by atoms with E-state index in [1.807, 2.05) is 0 Å². The molecule has 1 saturated heterocycles. The standard InChI is InChI=1S/C18H19FN4O3S/c19-14-6-2-1-5-13(14)18(25)21-15-7-8-17(23-22-15)27-11-16(24)20-10-12-4-3-9-26-12/h1-2,5-8,12H,3-4,9-11H2,(H,20,24)(H,21,22,25). The Kier molecular flexibility index (Phi) is 6.72. The first-order chi connectivity index (χ1) is 13.1. The molecule has 3 rings (SSSR count). The van der Waals surface area contributed by atoms with Crippen molar-refractivity contribution in [3.63, 3.8) is 0 Å². The SMILES string of the molecule is O=C(CSc1ccc(NC(=O)c2ccccc2F)nn1)NCC1CCCO1. The Labute approximate surface area is 160 Å². The Morgan fingerprint density at radius 1 is 1.22 bits per heavy atom. The molecule has 1 atom stereocenters. The summed E-state index contributed by atoms with van der Waals surface area (Å²) in [5.41, 5.74) is -0.0688. The zero-order valence-electron chi connectivity index (χ0n) is 14.5. The second-order valence-electron chi connectivity index (χ2n) is 5.92. The van der Waals surface area contributed by atoms with Crippen molar-refractivity contribution in [2.24, 2.45) is 0 Å². The van der Waals surface area contributed by atoms with E-state index < -0.39 is 11.7 Å². The summed E-state index contributed by atoms with van der Waals surface area (Å²) < 4.78 is 19.0. The molecule has 2 amide bonds. The Bertz CT molecular complexity index is 797. The van der Waals surface area contributed by atoms with E-state index in [0.29, 0.717) is 11.6 Å². The molecule has 2 aromatic rings. The minimum absolute atomic E-state index is 0.0688. The van der Waals surface area contributed by atoms with Crippen molar-refractivity contribution >= 4 is 29.4 Å². The fourth-order valence-electron chi connectivity index (χ4n) is 2.52. The molecule has 2 N–H and O–H groups in total. The van der Waals surface area contributed by atoms with Gasteiger partial charge in [-0.3, -0.25) is 9.59 Å². The molecule has 7 nitrogen and oxygen atoms in total. The number of aromatic nitrogens is 2. The smallest absolute Gasteiger partial charge is 0.259 e. The van der Waals surface area contributed by atoms with Gasteiger partial charge < -0.3 is 15.4 Å². The van der Waals surface area contributed by atoms with Crippen LogP contribution in [0.5, 0.6) is 0 Å². The van der Waals surface area contributed by atoms with Gasteiger partial charge in [0.1, 0.15) is 10.8 Å². The molecule has 0 spiro atoms. The normalized spacial score (nSPS) is 16.1. The fraction of sp³-hybridized carbons (Fsp3) is 0.333. The molecule has 1 aliphatic rings. The molecule has 0 radical (unpaired) electrons. The molecule has 0 aliphatic carbocycles. The van der Waals surface area contributed by atoms with Crippen LogP contribution in [0.3, 0.4) is 0 Å². The van der Waals surface area contributed by atoms with E-state index in [9.17, 15) is 14.0 Å². The van der Waals surface area contributed by atoms with E-state index in [1.165, 1.54) is 30.0 Å². The number of nitrogens with one attached hydrogen (secondary N) is 2. The van der Waals surface area contributed by atoms with Crippen molar-refractivity contribution in [1.82, 2.24) is 15.5 Å². The Hall–Kier alpha value is -2.52.